The van der Waals surface area contributed by atoms with Gasteiger partial charge in [0.2, 0.25) is 0 Å². The number of carbonyl (C=O) groups excluding carboxylic acids is 2. The number of para-hydroxylation sites is 1. The zero-order chi connectivity index (χ0) is 22.1. The molecule has 154 valence electrons. The average Bonchev–Trinajstić information content (AvgIpc) is 3.34. The molecule has 8 nitrogen and oxygen atoms in total. The Kier molecular flexibility index (Phi) is 4.88. The maximum atomic E-state index is 12.8. The van der Waals surface area contributed by atoms with Crippen LogP contribution in [-0.4, -0.2) is 21.7 Å². The van der Waals surface area contributed by atoms with Gasteiger partial charge in [0.1, 0.15) is 11.5 Å². The summed E-state index contributed by atoms with van der Waals surface area (Å²) in [5.74, 6) is -2.55. The molecular weight excluding hydrogens is 400 g/mol. The first-order chi connectivity index (χ1) is 14.8. The number of H-pyrrole nitrogens is 1. The number of nitrogens with one attached hydrogen (secondary N) is 1. The molecule has 0 aliphatic rings. The van der Waals surface area contributed by atoms with Crippen LogP contribution in [0.25, 0.3) is 29.7 Å². The number of furan rings is 1. The van der Waals surface area contributed by atoms with Crippen LogP contribution in [0, 0.1) is 0 Å². The Labute approximate surface area is 174 Å². The number of carbonyl (C=O) groups is 2. The summed E-state index contributed by atoms with van der Waals surface area (Å²) in [6, 6.07) is 15.5. The van der Waals surface area contributed by atoms with Gasteiger partial charge in [-0.1, -0.05) is 24.8 Å². The molecule has 0 aliphatic heterocycles. The van der Waals surface area contributed by atoms with Crippen molar-refractivity contribution in [1.29, 1.82) is 0 Å². The van der Waals surface area contributed by atoms with Gasteiger partial charge in [0.25, 0.3) is 5.56 Å². The number of carboxylic acid groups (broad SMARTS) is 2. The first-order valence-electron chi connectivity index (χ1n) is 9.08. The SMILES string of the molecule is C=c1[nH]n(-c2ccccc2)c(=O)/c1=C\c1ccc(-c2cc(C(=O)[O-])cc(C(=O)[O-])c2)o1. The van der Waals surface area contributed by atoms with E-state index in [2.05, 4.69) is 11.7 Å². The Morgan fingerprint density at radius 2 is 1.61 bits per heavy atom. The molecule has 0 aliphatic carbocycles. The highest BCUT2D eigenvalue weighted by Gasteiger charge is 2.10. The first-order valence-corrected chi connectivity index (χ1v) is 9.08. The van der Waals surface area contributed by atoms with Gasteiger partial charge in [-0.25, -0.2) is 4.68 Å². The van der Waals surface area contributed by atoms with Gasteiger partial charge in [0, 0.05) is 5.56 Å². The van der Waals surface area contributed by atoms with E-state index >= 15 is 0 Å². The van der Waals surface area contributed by atoms with E-state index in [0.717, 1.165) is 6.07 Å². The topological polar surface area (TPSA) is 131 Å². The van der Waals surface area contributed by atoms with Crippen LogP contribution in [0.5, 0.6) is 0 Å². The average molecular weight is 414 g/mol. The Morgan fingerprint density at radius 1 is 0.968 bits per heavy atom. The highest BCUT2D eigenvalue weighted by atomic mass is 16.4. The smallest absolute Gasteiger partial charge is 0.279 e. The van der Waals surface area contributed by atoms with Crippen LogP contribution >= 0.6 is 0 Å². The summed E-state index contributed by atoms with van der Waals surface area (Å²) >= 11 is 0. The second kappa shape index (κ2) is 7.68. The summed E-state index contributed by atoms with van der Waals surface area (Å²) < 4.78 is 7.05. The van der Waals surface area contributed by atoms with Gasteiger partial charge in [-0.05, 0) is 59.7 Å². The van der Waals surface area contributed by atoms with Crippen LogP contribution in [-0.2, 0) is 0 Å². The molecule has 2 heterocycles. The van der Waals surface area contributed by atoms with Crippen LogP contribution in [0.1, 0.15) is 26.5 Å². The van der Waals surface area contributed by atoms with Crippen molar-refractivity contribution in [3.63, 3.8) is 0 Å². The fourth-order valence-electron chi connectivity index (χ4n) is 3.14. The Balaban J connectivity index is 1.78. The number of rotatable bonds is 5. The van der Waals surface area contributed by atoms with E-state index in [1.807, 2.05) is 6.07 Å². The molecule has 2 aromatic heterocycles. The van der Waals surface area contributed by atoms with Gasteiger partial charge < -0.3 is 24.2 Å². The fourth-order valence-corrected chi connectivity index (χ4v) is 3.14. The summed E-state index contributed by atoms with van der Waals surface area (Å²) in [5.41, 5.74) is -0.116. The summed E-state index contributed by atoms with van der Waals surface area (Å²) in [6.45, 7) is 3.86. The fraction of sp³-hybridized carbons (Fsp3) is 0. The normalized spacial score (nSPS) is 11.5. The van der Waals surface area contributed by atoms with Crippen molar-refractivity contribution in [3.05, 3.63) is 98.5 Å². The molecule has 0 saturated heterocycles. The van der Waals surface area contributed by atoms with Crippen molar-refractivity contribution < 1.29 is 24.2 Å². The third-order valence-corrected chi connectivity index (χ3v) is 4.62. The minimum Gasteiger partial charge on any atom is -0.545 e. The molecule has 0 amide bonds. The van der Waals surface area contributed by atoms with E-state index in [1.165, 1.54) is 29.0 Å². The minimum atomic E-state index is -1.53. The van der Waals surface area contributed by atoms with Crippen molar-refractivity contribution >= 4 is 24.6 Å². The highest BCUT2D eigenvalue weighted by molar-refractivity contribution is 5.94. The molecule has 8 heteroatoms. The van der Waals surface area contributed by atoms with E-state index in [4.69, 9.17) is 4.42 Å². The Hall–Kier alpha value is -4.59. The van der Waals surface area contributed by atoms with E-state index in [-0.39, 0.29) is 33.2 Å². The third-order valence-electron chi connectivity index (χ3n) is 4.62. The number of nitrogens with zero attached hydrogens (tertiary/aromatic N) is 1. The van der Waals surface area contributed by atoms with Crippen LogP contribution in [0.2, 0.25) is 0 Å². The van der Waals surface area contributed by atoms with Crippen molar-refractivity contribution in [2.45, 2.75) is 0 Å². The Morgan fingerprint density at radius 3 is 2.23 bits per heavy atom. The van der Waals surface area contributed by atoms with Gasteiger partial charge in [-0.2, -0.15) is 0 Å². The molecule has 4 rings (SSSR count). The molecule has 0 atom stereocenters. The molecular formula is C23H14N2O6-2. The highest BCUT2D eigenvalue weighted by Crippen LogP contribution is 2.25. The first kappa shape index (κ1) is 19.7. The number of hydrogen-bond acceptors (Lipinski definition) is 6. The van der Waals surface area contributed by atoms with Crippen LogP contribution < -0.4 is 26.3 Å². The van der Waals surface area contributed by atoms with Crippen molar-refractivity contribution in [3.8, 4) is 17.0 Å². The lowest BCUT2D eigenvalue weighted by molar-refractivity contribution is -0.255. The third kappa shape index (κ3) is 3.82. The zero-order valence-electron chi connectivity index (χ0n) is 16.0. The molecule has 0 bridgehead atoms. The number of benzene rings is 2. The van der Waals surface area contributed by atoms with E-state index in [9.17, 15) is 24.6 Å². The van der Waals surface area contributed by atoms with Crippen molar-refractivity contribution in [2.24, 2.45) is 0 Å². The minimum absolute atomic E-state index is 0.210. The molecule has 0 unspecified atom stereocenters. The predicted octanol–water partition coefficient (Wildman–Crippen LogP) is -0.608. The second-order valence-electron chi connectivity index (χ2n) is 6.70. The maximum Gasteiger partial charge on any atom is 0.279 e. The van der Waals surface area contributed by atoms with Gasteiger partial charge in [-0.3, -0.25) is 9.89 Å². The van der Waals surface area contributed by atoms with Crippen molar-refractivity contribution in [2.75, 3.05) is 0 Å². The zero-order valence-corrected chi connectivity index (χ0v) is 16.0. The molecule has 31 heavy (non-hydrogen) atoms. The molecule has 2 aromatic carbocycles. The molecule has 1 N–H and O–H groups in total. The maximum absolute atomic E-state index is 12.8. The quantitative estimate of drug-likeness (QED) is 0.464. The van der Waals surface area contributed by atoms with Crippen molar-refractivity contribution in [1.82, 2.24) is 9.78 Å². The summed E-state index contributed by atoms with van der Waals surface area (Å²) in [5, 5.41) is 25.9. The molecule has 0 saturated carbocycles. The van der Waals surface area contributed by atoms with Gasteiger partial charge >= 0.3 is 0 Å². The summed E-state index contributed by atoms with van der Waals surface area (Å²) in [7, 11) is 0. The van der Waals surface area contributed by atoms with E-state index < -0.39 is 11.9 Å². The van der Waals surface area contributed by atoms with Crippen LogP contribution in [0.15, 0.2) is 69.9 Å². The summed E-state index contributed by atoms with van der Waals surface area (Å²) in [4.78, 5) is 35.2. The van der Waals surface area contributed by atoms with Crippen LogP contribution in [0.3, 0.4) is 0 Å². The molecule has 0 spiro atoms. The Bertz CT molecular complexity index is 1440. The summed E-state index contributed by atoms with van der Waals surface area (Å²) in [6.07, 6.45) is 1.49. The van der Waals surface area contributed by atoms with E-state index in [1.54, 1.807) is 30.3 Å². The predicted molar refractivity (Wildman–Crippen MR) is 108 cm³/mol. The van der Waals surface area contributed by atoms with Crippen LogP contribution in [0.4, 0.5) is 0 Å². The number of aromatic carboxylic acids is 2. The van der Waals surface area contributed by atoms with E-state index in [0.29, 0.717) is 16.8 Å². The second-order valence-corrected chi connectivity index (χ2v) is 6.70. The molecule has 0 radical (unpaired) electrons. The van der Waals surface area contributed by atoms with Gasteiger partial charge in [-0.15, -0.1) is 0 Å². The standard InChI is InChI=1S/C23H16N2O6/c1-13-19(21(26)25(24-13)17-5-3-2-4-6-17)12-18-7-8-20(31-18)14-9-15(22(27)28)11-16(10-14)23(29)30/h2-12,24H,1H2,(H,27,28)(H,29,30)/p-2/b19-12-. The molecule has 0 fully saturated rings. The van der Waals surface area contributed by atoms with Gasteiger partial charge in [0.15, 0.2) is 0 Å². The number of aromatic amines is 1. The monoisotopic (exact) mass is 414 g/mol. The number of aromatic nitrogens is 2. The lowest BCUT2D eigenvalue weighted by Crippen LogP contribution is -2.33. The number of carboxylic acids is 2. The number of hydrogen-bond donors (Lipinski definition) is 1. The lowest BCUT2D eigenvalue weighted by atomic mass is 10.0. The van der Waals surface area contributed by atoms with Gasteiger partial charge in [0.05, 0.1) is 28.2 Å². The molecule has 4 aromatic rings. The lowest BCUT2D eigenvalue weighted by Gasteiger charge is -2.09. The largest absolute Gasteiger partial charge is 0.545 e.